The molecule has 4 N–H and O–H groups in total. The van der Waals surface area contributed by atoms with E-state index in [1.807, 2.05) is 6.92 Å². The molecule has 0 fully saturated rings. The van der Waals surface area contributed by atoms with Crippen LogP contribution in [0, 0.1) is 5.92 Å². The van der Waals surface area contributed by atoms with Gasteiger partial charge in [-0.1, -0.05) is 6.92 Å². The van der Waals surface area contributed by atoms with Crippen molar-refractivity contribution in [3.63, 3.8) is 0 Å². The number of carbonyl (C=O) groups excluding carboxylic acids is 2. The number of hydrogen-bond acceptors (Lipinski definition) is 3. The molecule has 1 aromatic rings. The lowest BCUT2D eigenvalue weighted by Crippen LogP contribution is -2.21. The second-order valence-corrected chi connectivity index (χ2v) is 4.48. The Labute approximate surface area is 113 Å². The molecule has 104 valence electrons. The first-order chi connectivity index (χ1) is 9.08. The average molecular weight is 263 g/mol. The maximum atomic E-state index is 11.9. The summed E-state index contributed by atoms with van der Waals surface area (Å²) >= 11 is 0. The van der Waals surface area contributed by atoms with Crippen LogP contribution in [0.1, 0.15) is 30.1 Å². The summed E-state index contributed by atoms with van der Waals surface area (Å²) < 4.78 is 0. The van der Waals surface area contributed by atoms with Crippen molar-refractivity contribution in [2.45, 2.75) is 19.8 Å². The van der Waals surface area contributed by atoms with E-state index in [-0.39, 0.29) is 17.7 Å². The minimum atomic E-state index is -0.144. The van der Waals surface area contributed by atoms with Gasteiger partial charge < -0.3 is 16.4 Å². The number of benzene rings is 1. The Bertz CT molecular complexity index is 429. The molecule has 1 aromatic carbocycles. The number of amides is 2. The zero-order valence-electron chi connectivity index (χ0n) is 11.4. The molecule has 0 heterocycles. The lowest BCUT2D eigenvalue weighted by molar-refractivity contribution is -0.119. The van der Waals surface area contributed by atoms with E-state index < -0.39 is 0 Å². The van der Waals surface area contributed by atoms with Crippen molar-refractivity contribution >= 4 is 17.5 Å². The zero-order valence-corrected chi connectivity index (χ0v) is 11.4. The Morgan fingerprint density at radius 2 is 1.89 bits per heavy atom. The third kappa shape index (κ3) is 4.71. The molecule has 5 heteroatoms. The highest BCUT2D eigenvalue weighted by Gasteiger charge is 2.12. The topological polar surface area (TPSA) is 84.2 Å². The summed E-state index contributed by atoms with van der Waals surface area (Å²) in [6.45, 7) is 2.47. The van der Waals surface area contributed by atoms with Gasteiger partial charge in [-0.25, -0.2) is 0 Å². The smallest absolute Gasteiger partial charge is 0.251 e. The fourth-order valence-electron chi connectivity index (χ4n) is 1.67. The van der Waals surface area contributed by atoms with Crippen molar-refractivity contribution in [3.05, 3.63) is 29.8 Å². The number of carbonyl (C=O) groups is 2. The predicted octanol–water partition coefficient (Wildman–Crippen LogP) is 1.36. The van der Waals surface area contributed by atoms with Gasteiger partial charge in [-0.2, -0.15) is 0 Å². The van der Waals surface area contributed by atoms with Gasteiger partial charge in [-0.3, -0.25) is 9.59 Å². The highest BCUT2D eigenvalue weighted by Crippen LogP contribution is 2.13. The van der Waals surface area contributed by atoms with Crippen molar-refractivity contribution in [2.75, 3.05) is 18.9 Å². The first-order valence-electron chi connectivity index (χ1n) is 6.41. The summed E-state index contributed by atoms with van der Waals surface area (Å²) in [5.41, 5.74) is 6.68. The van der Waals surface area contributed by atoms with E-state index in [1.54, 1.807) is 31.3 Å². The summed E-state index contributed by atoms with van der Waals surface area (Å²) in [7, 11) is 1.58. The fraction of sp³-hybridized carbons (Fsp3) is 0.429. The zero-order chi connectivity index (χ0) is 14.3. The third-order valence-electron chi connectivity index (χ3n) is 2.93. The molecule has 1 atom stereocenters. The van der Waals surface area contributed by atoms with Gasteiger partial charge in [0.25, 0.3) is 5.91 Å². The molecule has 0 aliphatic heterocycles. The molecule has 0 saturated carbocycles. The van der Waals surface area contributed by atoms with Gasteiger partial charge in [0.05, 0.1) is 0 Å². The highest BCUT2D eigenvalue weighted by atomic mass is 16.2. The highest BCUT2D eigenvalue weighted by molar-refractivity contribution is 5.96. The molecule has 0 aliphatic rings. The van der Waals surface area contributed by atoms with Crippen LogP contribution < -0.4 is 16.4 Å². The van der Waals surface area contributed by atoms with Crippen LogP contribution in [0.4, 0.5) is 5.69 Å². The Balaban J connectivity index is 2.57. The minimum Gasteiger partial charge on any atom is -0.355 e. The van der Waals surface area contributed by atoms with E-state index in [1.165, 1.54) is 0 Å². The maximum absolute atomic E-state index is 11.9. The van der Waals surface area contributed by atoms with Gasteiger partial charge in [-0.05, 0) is 43.7 Å². The molecular formula is C14H21N3O2. The molecule has 5 nitrogen and oxygen atoms in total. The number of nitrogens with two attached hydrogens (primary N) is 1. The second-order valence-electron chi connectivity index (χ2n) is 4.48. The Morgan fingerprint density at radius 1 is 1.26 bits per heavy atom. The molecule has 0 bridgehead atoms. The van der Waals surface area contributed by atoms with Gasteiger partial charge in [0, 0.05) is 24.2 Å². The van der Waals surface area contributed by atoms with Gasteiger partial charge >= 0.3 is 0 Å². The number of rotatable bonds is 6. The molecule has 2 amide bonds. The number of nitrogens with one attached hydrogen (secondary N) is 2. The van der Waals surface area contributed by atoms with E-state index in [4.69, 9.17) is 5.73 Å². The van der Waals surface area contributed by atoms with Crippen LogP contribution in [0.5, 0.6) is 0 Å². The van der Waals surface area contributed by atoms with Gasteiger partial charge in [0.2, 0.25) is 5.91 Å². The Kier molecular flexibility index (Phi) is 6.02. The van der Waals surface area contributed by atoms with Gasteiger partial charge in [0.15, 0.2) is 0 Å². The summed E-state index contributed by atoms with van der Waals surface area (Å²) in [6.07, 6.45) is 1.61. The Hall–Kier alpha value is -1.88. The monoisotopic (exact) mass is 263 g/mol. The van der Waals surface area contributed by atoms with E-state index in [2.05, 4.69) is 10.6 Å². The van der Waals surface area contributed by atoms with Crippen LogP contribution in [0.15, 0.2) is 24.3 Å². The summed E-state index contributed by atoms with van der Waals surface area (Å²) in [6, 6.07) is 6.80. The SMILES string of the molecule is CNC(=O)c1ccc(NC(=O)C(C)CCCN)cc1. The molecule has 0 radical (unpaired) electrons. The van der Waals surface area contributed by atoms with E-state index >= 15 is 0 Å². The number of anilines is 1. The van der Waals surface area contributed by atoms with Crippen molar-refractivity contribution in [1.29, 1.82) is 0 Å². The van der Waals surface area contributed by atoms with Crippen LogP contribution in [0.2, 0.25) is 0 Å². The second kappa shape index (κ2) is 7.53. The summed E-state index contributed by atoms with van der Waals surface area (Å²) in [4.78, 5) is 23.2. The molecule has 0 aromatic heterocycles. The van der Waals surface area contributed by atoms with E-state index in [9.17, 15) is 9.59 Å². The molecule has 0 saturated heterocycles. The normalized spacial score (nSPS) is 11.7. The first kappa shape index (κ1) is 15.2. The fourth-order valence-corrected chi connectivity index (χ4v) is 1.67. The molecular weight excluding hydrogens is 242 g/mol. The van der Waals surface area contributed by atoms with E-state index in [0.717, 1.165) is 12.8 Å². The standard InChI is InChI=1S/C14H21N3O2/c1-10(4-3-9-15)13(18)17-12-7-5-11(6-8-12)14(19)16-2/h5-8,10H,3-4,9,15H2,1-2H3,(H,16,19)(H,17,18). The minimum absolute atomic E-state index is 0.0267. The quantitative estimate of drug-likeness (QED) is 0.724. The van der Waals surface area contributed by atoms with Crippen LogP contribution in [-0.2, 0) is 4.79 Å². The van der Waals surface area contributed by atoms with Crippen molar-refractivity contribution in [2.24, 2.45) is 11.7 Å². The predicted molar refractivity (Wildman–Crippen MR) is 75.9 cm³/mol. The van der Waals surface area contributed by atoms with Gasteiger partial charge in [-0.15, -0.1) is 0 Å². The summed E-state index contributed by atoms with van der Waals surface area (Å²) in [5, 5.41) is 5.37. The van der Waals surface area contributed by atoms with Crippen LogP contribution in [0.3, 0.4) is 0 Å². The van der Waals surface area contributed by atoms with Crippen LogP contribution >= 0.6 is 0 Å². The molecule has 0 spiro atoms. The third-order valence-corrected chi connectivity index (χ3v) is 2.93. The van der Waals surface area contributed by atoms with Crippen molar-refractivity contribution in [3.8, 4) is 0 Å². The van der Waals surface area contributed by atoms with Crippen molar-refractivity contribution in [1.82, 2.24) is 5.32 Å². The van der Waals surface area contributed by atoms with E-state index in [0.29, 0.717) is 17.8 Å². The summed E-state index contributed by atoms with van der Waals surface area (Å²) in [5.74, 6) is -0.238. The lowest BCUT2D eigenvalue weighted by Gasteiger charge is -2.11. The average Bonchev–Trinajstić information content (AvgIpc) is 2.44. The molecule has 19 heavy (non-hydrogen) atoms. The first-order valence-corrected chi connectivity index (χ1v) is 6.41. The maximum Gasteiger partial charge on any atom is 0.251 e. The van der Waals surface area contributed by atoms with Crippen LogP contribution in [-0.4, -0.2) is 25.4 Å². The lowest BCUT2D eigenvalue weighted by atomic mass is 10.0. The number of hydrogen-bond donors (Lipinski definition) is 3. The Morgan fingerprint density at radius 3 is 2.42 bits per heavy atom. The van der Waals surface area contributed by atoms with Gasteiger partial charge in [0.1, 0.15) is 0 Å². The molecule has 1 unspecified atom stereocenters. The van der Waals surface area contributed by atoms with Crippen molar-refractivity contribution < 1.29 is 9.59 Å². The largest absolute Gasteiger partial charge is 0.355 e. The molecule has 1 rings (SSSR count). The van der Waals surface area contributed by atoms with Crippen LogP contribution in [0.25, 0.3) is 0 Å². The molecule has 0 aliphatic carbocycles.